The molecule has 41 heavy (non-hydrogen) atoms. The summed E-state index contributed by atoms with van der Waals surface area (Å²) in [4.78, 5) is 26.4. The average Bonchev–Trinajstić information content (AvgIpc) is 3.31. The summed E-state index contributed by atoms with van der Waals surface area (Å²) in [6.45, 7) is 5.69. The van der Waals surface area contributed by atoms with E-state index in [1.165, 1.54) is 11.1 Å². The standard InChI is InChI=1S/C32H31ClN6O2/c1-21-25(5-4-24-6-8-29(41-2)37-30(21)24)19-38-13-10-32(11-14-38)20-39(27-7-3-22(17-34)15-26(27)32)31(40)36-18-23-9-12-35-28(33)16-23/h3-9,12,15-16H,10-11,13-14,18-20H2,1-2H3,(H,36,40). The maximum atomic E-state index is 13.4. The Labute approximate surface area is 244 Å². The van der Waals surface area contributed by atoms with E-state index in [1.54, 1.807) is 25.4 Å². The Bertz CT molecular complexity index is 1680. The molecule has 9 heteroatoms. The lowest BCUT2D eigenvalue weighted by atomic mass is 9.74. The number of fused-ring (bicyclic) bond motifs is 3. The molecule has 2 aliphatic rings. The molecule has 0 saturated carbocycles. The van der Waals surface area contributed by atoms with Gasteiger partial charge < -0.3 is 10.1 Å². The van der Waals surface area contributed by atoms with Crippen molar-refractivity contribution in [2.45, 2.75) is 38.3 Å². The second kappa shape index (κ2) is 11.0. The molecule has 2 aromatic heterocycles. The summed E-state index contributed by atoms with van der Waals surface area (Å²) < 4.78 is 5.35. The lowest BCUT2D eigenvalue weighted by Crippen LogP contribution is -2.47. The number of rotatable bonds is 5. The predicted molar refractivity (Wildman–Crippen MR) is 159 cm³/mol. The number of ether oxygens (including phenoxy) is 1. The van der Waals surface area contributed by atoms with Crippen LogP contribution >= 0.6 is 11.6 Å². The highest BCUT2D eigenvalue weighted by atomic mass is 35.5. The number of anilines is 1. The van der Waals surface area contributed by atoms with Crippen molar-refractivity contribution in [1.82, 2.24) is 20.2 Å². The zero-order valence-corrected chi connectivity index (χ0v) is 23.9. The van der Waals surface area contributed by atoms with Crippen LogP contribution in [0.3, 0.4) is 0 Å². The van der Waals surface area contributed by atoms with Gasteiger partial charge in [-0.3, -0.25) is 9.80 Å². The molecule has 1 fully saturated rings. The van der Waals surface area contributed by atoms with Gasteiger partial charge in [0.15, 0.2) is 0 Å². The highest BCUT2D eigenvalue weighted by Crippen LogP contribution is 2.47. The van der Waals surface area contributed by atoms with E-state index in [4.69, 9.17) is 16.3 Å². The molecule has 4 heterocycles. The van der Waals surface area contributed by atoms with Gasteiger partial charge >= 0.3 is 6.03 Å². The summed E-state index contributed by atoms with van der Waals surface area (Å²) in [6, 6.07) is 19.7. The second-order valence-electron chi connectivity index (χ2n) is 10.9. The first-order valence-electron chi connectivity index (χ1n) is 13.8. The first kappa shape index (κ1) is 27.0. The largest absolute Gasteiger partial charge is 0.481 e. The Balaban J connectivity index is 1.19. The van der Waals surface area contributed by atoms with E-state index in [0.717, 1.165) is 60.2 Å². The van der Waals surface area contributed by atoms with Crippen LogP contribution in [0.4, 0.5) is 10.5 Å². The van der Waals surface area contributed by atoms with Gasteiger partial charge in [-0.2, -0.15) is 5.26 Å². The van der Waals surface area contributed by atoms with Crippen LogP contribution < -0.4 is 15.0 Å². The number of nitrogens with one attached hydrogen (secondary N) is 1. The Morgan fingerprint density at radius 2 is 1.95 bits per heavy atom. The van der Waals surface area contributed by atoms with Crippen LogP contribution in [0.2, 0.25) is 5.15 Å². The van der Waals surface area contributed by atoms with Crippen molar-refractivity contribution in [3.63, 3.8) is 0 Å². The van der Waals surface area contributed by atoms with Crippen molar-refractivity contribution in [1.29, 1.82) is 5.26 Å². The van der Waals surface area contributed by atoms with Crippen molar-refractivity contribution in [3.8, 4) is 11.9 Å². The van der Waals surface area contributed by atoms with Gasteiger partial charge in [-0.25, -0.2) is 14.8 Å². The zero-order valence-electron chi connectivity index (χ0n) is 23.2. The number of benzene rings is 2. The number of nitriles is 1. The molecular formula is C32H31ClN6O2. The SMILES string of the molecule is COc1ccc2ccc(CN3CCC4(CC3)CN(C(=O)NCc3ccnc(Cl)c3)c3ccc(C#N)cc34)c(C)c2n1. The smallest absolute Gasteiger partial charge is 0.322 e. The minimum atomic E-state index is -0.191. The summed E-state index contributed by atoms with van der Waals surface area (Å²) in [5, 5.41) is 14.2. The quantitative estimate of drug-likeness (QED) is 0.310. The molecule has 1 spiro atoms. The normalized spacial score (nSPS) is 16.0. The zero-order chi connectivity index (χ0) is 28.6. The molecule has 0 atom stereocenters. The minimum absolute atomic E-state index is 0.155. The number of carbonyl (C=O) groups excluding carboxylic acids is 1. The lowest BCUT2D eigenvalue weighted by molar-refractivity contribution is 0.159. The highest BCUT2D eigenvalue weighted by molar-refractivity contribution is 6.29. The Kier molecular flexibility index (Phi) is 7.24. The maximum absolute atomic E-state index is 13.4. The van der Waals surface area contributed by atoms with E-state index in [1.807, 2.05) is 35.2 Å². The van der Waals surface area contributed by atoms with E-state index in [0.29, 0.717) is 29.7 Å². The third-order valence-corrected chi connectivity index (χ3v) is 8.75. The molecule has 0 radical (unpaired) electrons. The fourth-order valence-corrected chi connectivity index (χ4v) is 6.39. The molecular weight excluding hydrogens is 536 g/mol. The van der Waals surface area contributed by atoms with Gasteiger partial charge in [0.05, 0.1) is 24.3 Å². The van der Waals surface area contributed by atoms with E-state index in [2.05, 4.69) is 45.3 Å². The minimum Gasteiger partial charge on any atom is -0.481 e. The first-order valence-corrected chi connectivity index (χ1v) is 14.1. The van der Waals surface area contributed by atoms with Gasteiger partial charge in [0.2, 0.25) is 5.88 Å². The number of nitrogens with zero attached hydrogens (tertiary/aromatic N) is 5. The predicted octanol–water partition coefficient (Wildman–Crippen LogP) is 5.74. The summed E-state index contributed by atoms with van der Waals surface area (Å²) in [5.74, 6) is 0.618. The number of urea groups is 1. The number of pyridine rings is 2. The number of hydrogen-bond donors (Lipinski definition) is 1. The number of aryl methyl sites for hydroxylation is 1. The van der Waals surface area contributed by atoms with Gasteiger partial charge in [-0.05, 0) is 91.5 Å². The van der Waals surface area contributed by atoms with Crippen molar-refractivity contribution in [2.24, 2.45) is 0 Å². The molecule has 1 N–H and O–H groups in total. The number of methoxy groups -OCH3 is 1. The Morgan fingerprint density at radius 3 is 2.71 bits per heavy atom. The van der Waals surface area contributed by atoms with Crippen molar-refractivity contribution in [3.05, 3.63) is 93.8 Å². The van der Waals surface area contributed by atoms with Crippen LogP contribution in [0.25, 0.3) is 10.9 Å². The third kappa shape index (κ3) is 5.19. The molecule has 1 saturated heterocycles. The van der Waals surface area contributed by atoms with Crippen LogP contribution in [-0.2, 0) is 18.5 Å². The monoisotopic (exact) mass is 566 g/mol. The van der Waals surface area contributed by atoms with Crippen molar-refractivity contribution >= 4 is 34.2 Å². The Hall–Kier alpha value is -4.19. The van der Waals surface area contributed by atoms with Gasteiger partial charge in [0.1, 0.15) is 5.15 Å². The van der Waals surface area contributed by atoms with Crippen molar-refractivity contribution in [2.75, 3.05) is 31.6 Å². The van der Waals surface area contributed by atoms with E-state index in [9.17, 15) is 10.1 Å². The van der Waals surface area contributed by atoms with Gasteiger partial charge in [0.25, 0.3) is 0 Å². The average molecular weight is 567 g/mol. The number of piperidine rings is 1. The van der Waals surface area contributed by atoms with E-state index in [-0.39, 0.29) is 11.4 Å². The second-order valence-corrected chi connectivity index (χ2v) is 11.3. The topological polar surface area (TPSA) is 94.4 Å². The third-order valence-electron chi connectivity index (χ3n) is 8.55. The Morgan fingerprint density at radius 1 is 1.15 bits per heavy atom. The van der Waals surface area contributed by atoms with Crippen LogP contribution in [-0.4, -0.2) is 47.6 Å². The molecule has 208 valence electrons. The van der Waals surface area contributed by atoms with Gasteiger partial charge in [0, 0.05) is 48.4 Å². The number of aromatic nitrogens is 2. The molecule has 2 aromatic carbocycles. The van der Waals surface area contributed by atoms with E-state index >= 15 is 0 Å². The number of likely N-dealkylation sites (tertiary alicyclic amines) is 1. The highest BCUT2D eigenvalue weighted by Gasteiger charge is 2.46. The number of amides is 2. The number of hydrogen-bond acceptors (Lipinski definition) is 6. The molecule has 2 amide bonds. The molecule has 0 aliphatic carbocycles. The molecule has 4 aromatic rings. The van der Waals surface area contributed by atoms with Gasteiger partial charge in [-0.1, -0.05) is 23.7 Å². The fraction of sp³-hybridized carbons (Fsp3) is 0.312. The maximum Gasteiger partial charge on any atom is 0.322 e. The molecule has 2 aliphatic heterocycles. The molecule has 8 nitrogen and oxygen atoms in total. The molecule has 0 unspecified atom stereocenters. The summed E-state index contributed by atoms with van der Waals surface area (Å²) in [7, 11) is 1.64. The number of halogens is 1. The van der Waals surface area contributed by atoms with Crippen LogP contribution in [0, 0.1) is 18.3 Å². The lowest BCUT2D eigenvalue weighted by Gasteiger charge is -2.40. The summed E-state index contributed by atoms with van der Waals surface area (Å²) in [5.41, 5.74) is 6.69. The summed E-state index contributed by atoms with van der Waals surface area (Å²) >= 11 is 6.02. The summed E-state index contributed by atoms with van der Waals surface area (Å²) in [6.07, 6.45) is 3.43. The fourth-order valence-electron chi connectivity index (χ4n) is 6.19. The molecule has 0 bridgehead atoms. The van der Waals surface area contributed by atoms with E-state index < -0.39 is 0 Å². The van der Waals surface area contributed by atoms with Crippen LogP contribution in [0.1, 0.15) is 40.7 Å². The van der Waals surface area contributed by atoms with Crippen LogP contribution in [0.5, 0.6) is 5.88 Å². The molecule has 6 rings (SSSR count). The van der Waals surface area contributed by atoms with Gasteiger partial charge in [-0.15, -0.1) is 0 Å². The first-order chi connectivity index (χ1) is 19.9. The number of carbonyl (C=O) groups is 1. The van der Waals surface area contributed by atoms with Crippen LogP contribution in [0.15, 0.2) is 60.8 Å². The van der Waals surface area contributed by atoms with Crippen molar-refractivity contribution < 1.29 is 9.53 Å².